The van der Waals surface area contributed by atoms with Crippen LogP contribution in [0.15, 0.2) is 36.8 Å². The van der Waals surface area contributed by atoms with Crippen LogP contribution in [0.3, 0.4) is 0 Å². The molecule has 6 nitrogen and oxygen atoms in total. The van der Waals surface area contributed by atoms with E-state index in [9.17, 15) is 0 Å². The lowest BCUT2D eigenvalue weighted by Gasteiger charge is -2.20. The van der Waals surface area contributed by atoms with Gasteiger partial charge in [0.15, 0.2) is 11.6 Å². The maximum absolute atomic E-state index is 5.66. The second-order valence-electron chi connectivity index (χ2n) is 5.21. The van der Waals surface area contributed by atoms with Crippen molar-refractivity contribution < 1.29 is 4.74 Å². The van der Waals surface area contributed by atoms with Gasteiger partial charge in [0.1, 0.15) is 12.9 Å². The van der Waals surface area contributed by atoms with E-state index in [1.807, 2.05) is 6.07 Å². The normalized spacial score (nSPS) is 13.3. The second-order valence-corrected chi connectivity index (χ2v) is 5.21. The number of nitrogens with zero attached hydrogens (tertiary/aromatic N) is 2. The topological polar surface area (TPSA) is 74.9 Å². The Hall–Kier alpha value is -2.76. The zero-order valence-corrected chi connectivity index (χ0v) is 12.1. The zero-order chi connectivity index (χ0) is 14.8. The van der Waals surface area contributed by atoms with E-state index >= 15 is 0 Å². The number of hydrogen-bond donors (Lipinski definition) is 3. The highest BCUT2D eigenvalue weighted by molar-refractivity contribution is 5.83. The highest BCUT2D eigenvalue weighted by Crippen LogP contribution is 2.31. The van der Waals surface area contributed by atoms with Crippen molar-refractivity contribution in [2.75, 3.05) is 30.3 Å². The third-order valence-electron chi connectivity index (χ3n) is 3.81. The Bertz CT molecular complexity index is 798. The van der Waals surface area contributed by atoms with E-state index in [4.69, 9.17) is 4.74 Å². The molecule has 1 aliphatic rings. The van der Waals surface area contributed by atoms with E-state index in [0.29, 0.717) is 12.4 Å². The quantitative estimate of drug-likeness (QED) is 0.689. The first kappa shape index (κ1) is 12.9. The number of rotatable bonds is 4. The fourth-order valence-electron chi connectivity index (χ4n) is 2.74. The molecule has 0 atom stereocenters. The molecule has 1 aromatic carbocycles. The van der Waals surface area contributed by atoms with Gasteiger partial charge in [-0.2, -0.15) is 0 Å². The summed E-state index contributed by atoms with van der Waals surface area (Å²) in [6, 6.07) is 8.33. The molecule has 3 N–H and O–H groups in total. The van der Waals surface area contributed by atoms with Crippen LogP contribution in [0.1, 0.15) is 5.56 Å². The number of anilines is 2. The van der Waals surface area contributed by atoms with Crippen LogP contribution >= 0.6 is 0 Å². The summed E-state index contributed by atoms with van der Waals surface area (Å²) in [4.78, 5) is 11.8. The highest BCUT2D eigenvalue weighted by Gasteiger charge is 2.16. The number of hydrogen-bond acceptors (Lipinski definition) is 5. The second kappa shape index (κ2) is 5.55. The van der Waals surface area contributed by atoms with Gasteiger partial charge in [0.25, 0.3) is 0 Å². The van der Waals surface area contributed by atoms with Crippen molar-refractivity contribution in [1.29, 1.82) is 0 Å². The van der Waals surface area contributed by atoms with Gasteiger partial charge >= 0.3 is 0 Å². The Balaban J connectivity index is 1.47. The van der Waals surface area contributed by atoms with Crippen LogP contribution in [0.25, 0.3) is 10.9 Å². The van der Waals surface area contributed by atoms with Crippen molar-refractivity contribution in [3.63, 3.8) is 0 Å². The lowest BCUT2D eigenvalue weighted by Crippen LogP contribution is -2.21. The number of nitrogens with one attached hydrogen (secondary N) is 3. The molecule has 1 aliphatic heterocycles. The molecule has 2 aromatic heterocycles. The molecule has 0 saturated heterocycles. The van der Waals surface area contributed by atoms with E-state index in [0.717, 1.165) is 31.1 Å². The Labute approximate surface area is 127 Å². The van der Waals surface area contributed by atoms with Gasteiger partial charge in [0.05, 0.1) is 6.54 Å². The predicted octanol–water partition coefficient (Wildman–Crippen LogP) is 2.42. The standard InChI is InChI=1S/C16H17N5O/c1-2-4-13-12(3-1)11(9-19-13)5-6-17-15-14-16(21-10-20-15)18-7-8-22-14/h1-4,9-10,19H,5-8H2,(H2,17,18,20,21). The van der Waals surface area contributed by atoms with Crippen molar-refractivity contribution in [3.05, 3.63) is 42.4 Å². The van der Waals surface area contributed by atoms with Crippen molar-refractivity contribution in [2.45, 2.75) is 6.42 Å². The number of para-hydroxylation sites is 1. The van der Waals surface area contributed by atoms with Gasteiger partial charge in [-0.1, -0.05) is 18.2 Å². The average Bonchev–Trinajstić information content (AvgIpc) is 2.99. The zero-order valence-electron chi connectivity index (χ0n) is 12.1. The van der Waals surface area contributed by atoms with Crippen LogP contribution in [0.4, 0.5) is 11.6 Å². The van der Waals surface area contributed by atoms with Crippen LogP contribution in [0.2, 0.25) is 0 Å². The molecule has 3 aromatic rings. The molecular formula is C16H17N5O. The Morgan fingerprint density at radius 1 is 1.23 bits per heavy atom. The number of aromatic amines is 1. The molecule has 0 bridgehead atoms. The molecule has 6 heteroatoms. The Morgan fingerprint density at radius 3 is 3.18 bits per heavy atom. The lowest BCUT2D eigenvalue weighted by molar-refractivity contribution is 0.321. The molecule has 0 saturated carbocycles. The van der Waals surface area contributed by atoms with Crippen molar-refractivity contribution >= 4 is 22.5 Å². The van der Waals surface area contributed by atoms with Crippen molar-refractivity contribution in [2.24, 2.45) is 0 Å². The predicted molar refractivity (Wildman–Crippen MR) is 86.5 cm³/mol. The van der Waals surface area contributed by atoms with E-state index < -0.39 is 0 Å². The fraction of sp³-hybridized carbons (Fsp3) is 0.250. The number of aromatic nitrogens is 3. The summed E-state index contributed by atoms with van der Waals surface area (Å²) in [6.45, 7) is 2.20. The van der Waals surface area contributed by atoms with Gasteiger partial charge in [0, 0.05) is 23.6 Å². The molecule has 3 heterocycles. The summed E-state index contributed by atoms with van der Waals surface area (Å²) in [5, 5.41) is 7.83. The largest absolute Gasteiger partial charge is 0.485 e. The van der Waals surface area contributed by atoms with E-state index in [-0.39, 0.29) is 0 Å². The van der Waals surface area contributed by atoms with Gasteiger partial charge in [-0.05, 0) is 18.1 Å². The summed E-state index contributed by atoms with van der Waals surface area (Å²) >= 11 is 0. The molecule has 4 rings (SSSR count). The van der Waals surface area contributed by atoms with Crippen LogP contribution in [-0.4, -0.2) is 34.6 Å². The van der Waals surface area contributed by atoms with Gasteiger partial charge in [0.2, 0.25) is 5.75 Å². The third-order valence-corrected chi connectivity index (χ3v) is 3.81. The highest BCUT2D eigenvalue weighted by atomic mass is 16.5. The molecule has 0 unspecified atom stereocenters. The van der Waals surface area contributed by atoms with Crippen LogP contribution < -0.4 is 15.4 Å². The van der Waals surface area contributed by atoms with Gasteiger partial charge in [-0.15, -0.1) is 0 Å². The minimum absolute atomic E-state index is 0.636. The summed E-state index contributed by atoms with van der Waals surface area (Å²) < 4.78 is 5.66. The number of ether oxygens (including phenoxy) is 1. The first-order valence-corrected chi connectivity index (χ1v) is 7.42. The summed E-state index contributed by atoms with van der Waals surface area (Å²) in [5.74, 6) is 2.22. The van der Waals surface area contributed by atoms with Gasteiger partial charge < -0.3 is 20.4 Å². The maximum atomic E-state index is 5.66. The molecular weight excluding hydrogens is 278 g/mol. The monoisotopic (exact) mass is 295 g/mol. The van der Waals surface area contributed by atoms with Crippen molar-refractivity contribution in [1.82, 2.24) is 15.0 Å². The smallest absolute Gasteiger partial charge is 0.204 e. The number of fused-ring (bicyclic) bond motifs is 2. The molecule has 0 spiro atoms. The fourth-order valence-corrected chi connectivity index (χ4v) is 2.74. The van der Waals surface area contributed by atoms with Gasteiger partial charge in [-0.3, -0.25) is 0 Å². The minimum Gasteiger partial charge on any atom is -0.485 e. The molecule has 22 heavy (non-hydrogen) atoms. The third kappa shape index (κ3) is 2.32. The minimum atomic E-state index is 0.636. The van der Waals surface area contributed by atoms with Crippen molar-refractivity contribution in [3.8, 4) is 5.75 Å². The molecule has 0 fully saturated rings. The van der Waals surface area contributed by atoms with E-state index in [1.54, 1.807) is 6.33 Å². The van der Waals surface area contributed by atoms with E-state index in [1.165, 1.54) is 16.5 Å². The molecule has 112 valence electrons. The Kier molecular flexibility index (Phi) is 3.27. The number of H-pyrrole nitrogens is 1. The summed E-state index contributed by atoms with van der Waals surface area (Å²) in [6.07, 6.45) is 4.53. The van der Waals surface area contributed by atoms with E-state index in [2.05, 4.69) is 50.0 Å². The van der Waals surface area contributed by atoms with Crippen LogP contribution in [0.5, 0.6) is 5.75 Å². The maximum Gasteiger partial charge on any atom is 0.204 e. The molecule has 0 radical (unpaired) electrons. The van der Waals surface area contributed by atoms with Gasteiger partial charge in [-0.25, -0.2) is 9.97 Å². The molecule has 0 amide bonds. The average molecular weight is 295 g/mol. The first-order chi connectivity index (χ1) is 10.9. The Morgan fingerprint density at radius 2 is 2.18 bits per heavy atom. The molecule has 0 aliphatic carbocycles. The summed E-state index contributed by atoms with van der Waals surface area (Å²) in [7, 11) is 0. The lowest BCUT2D eigenvalue weighted by atomic mass is 10.1. The van der Waals surface area contributed by atoms with Crippen LogP contribution in [0, 0.1) is 0 Å². The summed E-state index contributed by atoms with van der Waals surface area (Å²) in [5.41, 5.74) is 2.47. The first-order valence-electron chi connectivity index (χ1n) is 7.42. The SMILES string of the molecule is c1ccc2c(CCNc3ncnc4c3OCCN4)c[nH]c2c1. The number of benzene rings is 1. The van der Waals surface area contributed by atoms with Crippen LogP contribution in [-0.2, 0) is 6.42 Å².